The molecule has 0 aliphatic heterocycles. The summed E-state index contributed by atoms with van der Waals surface area (Å²) < 4.78 is 19.7. The number of hydrogen-bond acceptors (Lipinski definition) is 3. The second kappa shape index (κ2) is 9.38. The van der Waals surface area contributed by atoms with Crippen LogP contribution in [0.5, 0.6) is 0 Å². The van der Waals surface area contributed by atoms with Crippen molar-refractivity contribution in [3.05, 3.63) is 16.1 Å². The van der Waals surface area contributed by atoms with Crippen molar-refractivity contribution in [2.24, 2.45) is 0 Å². The van der Waals surface area contributed by atoms with Crippen LogP contribution < -0.4 is 0 Å². The Hall–Kier alpha value is 0.0569. The minimum Gasteiger partial charge on any atom is -0.361 e. The lowest BCUT2D eigenvalue weighted by Crippen LogP contribution is -2.22. The minimum absolute atomic E-state index is 0.141. The highest BCUT2D eigenvalue weighted by Gasteiger charge is 2.17. The monoisotopic (exact) mass is 410 g/mol. The van der Waals surface area contributed by atoms with Gasteiger partial charge in [-0.05, 0) is 28.4 Å². The molecule has 1 unspecified atom stereocenters. The summed E-state index contributed by atoms with van der Waals surface area (Å²) in [7, 11) is -3.69. The summed E-state index contributed by atoms with van der Waals surface area (Å²) in [5.74, 6) is 0.931. The summed E-state index contributed by atoms with van der Waals surface area (Å²) in [4.78, 5) is 13.8. The molecule has 0 aliphatic carbocycles. The predicted molar refractivity (Wildman–Crippen MR) is 97.6 cm³/mol. The molecule has 5 nitrogen and oxygen atoms in total. The third-order valence-electron chi connectivity index (χ3n) is 3.39. The lowest BCUT2D eigenvalue weighted by Gasteiger charge is -2.17. The molecule has 128 valence electrons. The summed E-state index contributed by atoms with van der Waals surface area (Å²) in [6.45, 7) is 10.2. The van der Waals surface area contributed by atoms with E-state index in [1.165, 1.54) is 0 Å². The molecule has 1 aromatic rings. The van der Waals surface area contributed by atoms with Crippen molar-refractivity contribution in [1.29, 1.82) is 0 Å². The van der Waals surface area contributed by atoms with Gasteiger partial charge in [-0.2, -0.15) is 0 Å². The fourth-order valence-corrected chi connectivity index (χ4v) is 4.25. The third-order valence-corrected chi connectivity index (χ3v) is 6.37. The number of aromatic nitrogens is 2. The third kappa shape index (κ3) is 7.09. The second-order valence-electron chi connectivity index (χ2n) is 6.72. The van der Waals surface area contributed by atoms with Gasteiger partial charge in [-0.3, -0.25) is 4.57 Å². The topological polar surface area (TPSA) is 64.3 Å². The number of rotatable bonds is 10. The fourth-order valence-electron chi connectivity index (χ4n) is 2.03. The van der Waals surface area contributed by atoms with Crippen molar-refractivity contribution < 1.29 is 14.2 Å². The first-order valence-corrected chi connectivity index (χ1v) is 13.8. The van der Waals surface area contributed by atoms with Crippen LogP contribution in [0, 0.1) is 0 Å². The van der Waals surface area contributed by atoms with E-state index in [0.717, 1.165) is 43.4 Å². The molecule has 0 fully saturated rings. The van der Waals surface area contributed by atoms with E-state index in [2.05, 4.69) is 47.5 Å². The molecule has 0 aliphatic rings. The Bertz CT molecular complexity index is 503. The molecule has 1 heterocycles. The smallest absolute Gasteiger partial charge is 0.194 e. The van der Waals surface area contributed by atoms with Gasteiger partial charge in [0.25, 0.3) is 0 Å². The van der Waals surface area contributed by atoms with Gasteiger partial charge in [-0.1, -0.05) is 33.0 Å². The predicted octanol–water partition coefficient (Wildman–Crippen LogP) is 4.27. The van der Waals surface area contributed by atoms with Gasteiger partial charge in [0.1, 0.15) is 17.2 Å². The van der Waals surface area contributed by atoms with E-state index in [1.54, 1.807) is 0 Å². The van der Waals surface area contributed by atoms with Crippen molar-refractivity contribution in [2.75, 3.05) is 6.61 Å². The van der Waals surface area contributed by atoms with Gasteiger partial charge >= 0.3 is 0 Å². The van der Waals surface area contributed by atoms with E-state index in [4.69, 9.17) is 4.74 Å². The summed E-state index contributed by atoms with van der Waals surface area (Å²) >= 11 is 3.41. The zero-order valence-corrected chi connectivity index (χ0v) is 17.6. The van der Waals surface area contributed by atoms with E-state index >= 15 is 0 Å². The largest absolute Gasteiger partial charge is 0.361 e. The maximum absolute atomic E-state index is 11.2. The van der Waals surface area contributed by atoms with Crippen molar-refractivity contribution in [2.45, 2.75) is 64.8 Å². The molecule has 1 atom stereocenters. The lowest BCUT2D eigenvalue weighted by molar-refractivity contribution is 0.0835. The molecule has 0 spiro atoms. The number of hydrogen-bond donors (Lipinski definition) is 1. The van der Waals surface area contributed by atoms with Gasteiger partial charge in [0.05, 0.1) is 11.9 Å². The van der Waals surface area contributed by atoms with Crippen LogP contribution in [0.15, 0.2) is 4.60 Å². The molecule has 1 aromatic heterocycles. The summed E-state index contributed by atoms with van der Waals surface area (Å²) in [5, 5.41) is 0. The van der Waals surface area contributed by atoms with Crippen LogP contribution in [0.25, 0.3) is 0 Å². The lowest BCUT2D eigenvalue weighted by atomic mass is 10.2. The molecule has 1 N–H and O–H groups in total. The van der Waals surface area contributed by atoms with Gasteiger partial charge in [-0.25, -0.2) is 4.98 Å². The van der Waals surface area contributed by atoms with Crippen LogP contribution in [-0.4, -0.2) is 29.1 Å². The molecule has 0 saturated carbocycles. The minimum atomic E-state index is -2.58. The van der Waals surface area contributed by atoms with E-state index < -0.39 is 16.1 Å². The van der Waals surface area contributed by atoms with Gasteiger partial charge in [0, 0.05) is 21.1 Å². The molecule has 22 heavy (non-hydrogen) atoms. The quantitative estimate of drug-likeness (QED) is 0.355. The first kappa shape index (κ1) is 20.1. The van der Waals surface area contributed by atoms with Gasteiger partial charge < -0.3 is 14.2 Å². The number of unbranched alkanes of at least 4 members (excludes halogenated alkanes) is 1. The van der Waals surface area contributed by atoms with Crippen LogP contribution in [0.3, 0.4) is 0 Å². The van der Waals surface area contributed by atoms with Crippen molar-refractivity contribution in [3.8, 4) is 0 Å². The molecule has 0 saturated heterocycles. The number of ether oxygens (including phenoxy) is 1. The van der Waals surface area contributed by atoms with Crippen LogP contribution in [0.1, 0.15) is 31.3 Å². The maximum Gasteiger partial charge on any atom is 0.194 e. The second-order valence-corrected chi connectivity index (χ2v) is 14.2. The number of halogens is 1. The van der Waals surface area contributed by atoms with Gasteiger partial charge in [0.2, 0.25) is 0 Å². The van der Waals surface area contributed by atoms with E-state index in [-0.39, 0.29) is 6.16 Å². The number of nitrogens with zero attached hydrogens (tertiary/aromatic N) is 2. The standard InChI is InChI=1S/C14H28BrN2O3PSi/c1-5-6-7-13-16-14(15)12(10-21(18)19)17(13)11-20-8-9-22(2,3)4/h21H,5-11H2,1-4H3,(H,18,19). The molecule has 8 heteroatoms. The first-order chi connectivity index (χ1) is 10.2. The zero-order valence-electron chi connectivity index (χ0n) is 14.0. The molecule has 0 radical (unpaired) electrons. The molecule has 0 bridgehead atoms. The maximum atomic E-state index is 11.2. The van der Waals surface area contributed by atoms with E-state index in [1.807, 2.05) is 4.57 Å². The molecular formula is C14H28BrN2O3PSi. The van der Waals surface area contributed by atoms with E-state index in [9.17, 15) is 9.46 Å². The highest BCUT2D eigenvalue weighted by Crippen LogP contribution is 2.28. The highest BCUT2D eigenvalue weighted by molar-refractivity contribution is 9.10. The van der Waals surface area contributed by atoms with Crippen LogP contribution in [0.4, 0.5) is 0 Å². The van der Waals surface area contributed by atoms with Crippen molar-refractivity contribution >= 4 is 32.0 Å². The summed E-state index contributed by atoms with van der Waals surface area (Å²) in [5.41, 5.74) is 0.769. The van der Waals surface area contributed by atoms with Crippen LogP contribution in [-0.2, 0) is 28.6 Å². The Balaban J connectivity index is 2.80. The summed E-state index contributed by atoms with van der Waals surface area (Å²) in [6, 6.07) is 1.11. The Labute approximate surface area is 143 Å². The molecule has 0 amide bonds. The zero-order chi connectivity index (χ0) is 16.8. The van der Waals surface area contributed by atoms with Crippen molar-refractivity contribution in [3.63, 3.8) is 0 Å². The van der Waals surface area contributed by atoms with Crippen molar-refractivity contribution in [1.82, 2.24) is 9.55 Å². The van der Waals surface area contributed by atoms with Gasteiger partial charge in [-0.15, -0.1) is 0 Å². The average molecular weight is 411 g/mol. The fraction of sp³-hybridized carbons (Fsp3) is 0.786. The number of aryl methyl sites for hydroxylation is 1. The Kier molecular flexibility index (Phi) is 8.57. The molecular weight excluding hydrogens is 383 g/mol. The van der Waals surface area contributed by atoms with Gasteiger partial charge in [0.15, 0.2) is 8.03 Å². The first-order valence-electron chi connectivity index (χ1n) is 7.78. The Morgan fingerprint density at radius 3 is 2.64 bits per heavy atom. The molecule has 1 rings (SSSR count). The Morgan fingerprint density at radius 1 is 1.41 bits per heavy atom. The summed E-state index contributed by atoms with van der Waals surface area (Å²) in [6.07, 6.45) is 3.14. The normalized spacial score (nSPS) is 13.5. The highest BCUT2D eigenvalue weighted by atomic mass is 79.9. The average Bonchev–Trinajstić information content (AvgIpc) is 2.67. The SMILES string of the molecule is CCCCc1nc(Br)c(C[PH](=O)O)n1COCC[Si](C)(C)C. The van der Waals surface area contributed by atoms with E-state index in [0.29, 0.717) is 11.3 Å². The van der Waals surface area contributed by atoms with Crippen LogP contribution >= 0.6 is 24.0 Å². The molecule has 0 aromatic carbocycles. The Morgan fingerprint density at radius 2 is 2.09 bits per heavy atom. The van der Waals surface area contributed by atoms with Crippen LogP contribution in [0.2, 0.25) is 25.7 Å². The number of imidazole rings is 1.